The van der Waals surface area contributed by atoms with Gasteiger partial charge in [0.1, 0.15) is 4.90 Å². The largest absolute Gasteiger partial charge is 0.304 e. The van der Waals surface area contributed by atoms with Crippen molar-refractivity contribution in [3.8, 4) is 0 Å². The molecule has 0 N–H and O–H groups in total. The molecule has 1 rings (SSSR count). The van der Waals surface area contributed by atoms with E-state index >= 15 is 0 Å². The van der Waals surface area contributed by atoms with Gasteiger partial charge in [0, 0.05) is 4.90 Å². The van der Waals surface area contributed by atoms with Gasteiger partial charge in [0.05, 0.1) is 0 Å². The van der Waals surface area contributed by atoms with Crippen LogP contribution in [-0.4, -0.2) is 21.0 Å². The minimum Gasteiger partial charge on any atom is -0.304 e. The van der Waals surface area contributed by atoms with Crippen molar-refractivity contribution < 1.29 is 21.7 Å². The van der Waals surface area contributed by atoms with Crippen LogP contribution in [0.4, 0.5) is 0 Å². The van der Waals surface area contributed by atoms with Crippen molar-refractivity contribution in [3.63, 3.8) is 0 Å². The lowest BCUT2D eigenvalue weighted by atomic mass is 10.2. The quantitative estimate of drug-likeness (QED) is 0.253. The summed E-state index contributed by atoms with van der Waals surface area (Å²) in [5.74, 6) is 0.757. The van der Waals surface area contributed by atoms with Crippen molar-refractivity contribution in [2.75, 3.05) is 12.5 Å². The van der Waals surface area contributed by atoms with E-state index in [2.05, 4.69) is 8.71 Å². The maximum Gasteiger partial charge on any atom is 0.300 e. The van der Waals surface area contributed by atoms with Gasteiger partial charge in [0.25, 0.3) is 0 Å². The Morgan fingerprint density at radius 3 is 2.72 bits per heavy atom. The third-order valence-corrected chi connectivity index (χ3v) is 4.85. The second-order valence-electron chi connectivity index (χ2n) is 3.29. The predicted octanol–water partition coefficient (Wildman–Crippen LogP) is 2.46. The zero-order valence-electron chi connectivity index (χ0n) is 10.1. The summed E-state index contributed by atoms with van der Waals surface area (Å²) in [6.45, 7) is 3.12. The van der Waals surface area contributed by atoms with E-state index in [-0.39, 0.29) is 4.90 Å². The first-order valence-electron chi connectivity index (χ1n) is 5.20. The van der Waals surface area contributed by atoms with Gasteiger partial charge in [-0.3, -0.25) is 4.57 Å². The van der Waals surface area contributed by atoms with Crippen molar-refractivity contribution in [3.05, 3.63) is 23.8 Å². The minimum absolute atomic E-state index is 0.154. The molecule has 0 aliphatic rings. The van der Waals surface area contributed by atoms with Gasteiger partial charge in [-0.15, -0.1) is 11.8 Å². The fourth-order valence-electron chi connectivity index (χ4n) is 1.39. The summed E-state index contributed by atoms with van der Waals surface area (Å²) in [5, 5.41) is 0. The van der Waals surface area contributed by atoms with Crippen LogP contribution in [-0.2, 0) is 23.4 Å². The number of hydrogen-bond donors (Lipinski definition) is 0. The summed E-state index contributed by atoms with van der Waals surface area (Å²) in [6.07, 6.45) is 0. The van der Waals surface area contributed by atoms with E-state index in [1.54, 1.807) is 25.1 Å². The van der Waals surface area contributed by atoms with Gasteiger partial charge in [0.15, 0.2) is 15.5 Å². The van der Waals surface area contributed by atoms with Crippen LogP contribution in [0.1, 0.15) is 12.5 Å². The maximum absolute atomic E-state index is 12.0. The molecule has 0 heterocycles. The lowest BCUT2D eigenvalue weighted by Gasteiger charge is -2.11. The second-order valence-corrected chi connectivity index (χ2v) is 6.67. The van der Waals surface area contributed by atoms with Crippen molar-refractivity contribution in [1.29, 1.82) is 0 Å². The van der Waals surface area contributed by atoms with Crippen LogP contribution in [0.2, 0.25) is 0 Å². The number of thioether (sulfide) groups is 1. The molecule has 0 aliphatic heterocycles. The number of rotatable bonds is 7. The van der Waals surface area contributed by atoms with E-state index in [4.69, 9.17) is 0 Å². The van der Waals surface area contributed by atoms with Crippen LogP contribution >= 0.6 is 20.4 Å². The Morgan fingerprint density at radius 2 is 2.11 bits per heavy atom. The standard InChI is InChI=1S/C10H15O5PS2/c1-3-17-9-6-4-5-8(2)10(9)18(12,13)15-7-14-16-11/h4-6H,3,7,16H2,1-2H3. The first kappa shape index (κ1) is 15.7. The highest BCUT2D eigenvalue weighted by atomic mass is 32.2. The summed E-state index contributed by atoms with van der Waals surface area (Å²) in [6, 6.07) is 5.23. The van der Waals surface area contributed by atoms with Crippen molar-refractivity contribution in [2.24, 2.45) is 0 Å². The van der Waals surface area contributed by atoms with Gasteiger partial charge in [0.2, 0.25) is 0 Å². The molecule has 5 nitrogen and oxygen atoms in total. The number of benzene rings is 1. The third kappa shape index (κ3) is 4.10. The van der Waals surface area contributed by atoms with Crippen molar-refractivity contribution >= 4 is 30.6 Å². The Morgan fingerprint density at radius 1 is 1.39 bits per heavy atom. The zero-order valence-corrected chi connectivity index (χ0v) is 12.9. The molecule has 1 unspecified atom stereocenters. The third-order valence-electron chi connectivity index (χ3n) is 2.06. The van der Waals surface area contributed by atoms with Gasteiger partial charge >= 0.3 is 10.1 Å². The Balaban J connectivity index is 3.09. The summed E-state index contributed by atoms with van der Waals surface area (Å²) in [7, 11) is -5.37. The van der Waals surface area contributed by atoms with Crippen LogP contribution in [0.5, 0.6) is 0 Å². The molecule has 0 aliphatic carbocycles. The van der Waals surface area contributed by atoms with Gasteiger partial charge in [-0.2, -0.15) is 8.42 Å². The van der Waals surface area contributed by atoms with Crippen molar-refractivity contribution in [2.45, 2.75) is 23.6 Å². The molecule has 0 aromatic heterocycles. The van der Waals surface area contributed by atoms with E-state index in [1.807, 2.05) is 6.92 Å². The smallest absolute Gasteiger partial charge is 0.300 e. The Labute approximate surface area is 112 Å². The zero-order chi connectivity index (χ0) is 13.6. The Hall–Kier alpha value is -0.330. The molecule has 1 aromatic carbocycles. The Kier molecular flexibility index (Phi) is 6.38. The average molecular weight is 310 g/mol. The van der Waals surface area contributed by atoms with Gasteiger partial charge < -0.3 is 4.52 Å². The lowest BCUT2D eigenvalue weighted by molar-refractivity contribution is 0.139. The fourth-order valence-corrected chi connectivity index (χ4v) is 3.95. The first-order valence-corrected chi connectivity index (χ1v) is 8.53. The number of aryl methyl sites for hydroxylation is 1. The SMILES string of the molecule is CCSc1cccc(C)c1S(=O)(=O)OCO[PH2]=O. The van der Waals surface area contributed by atoms with E-state index in [1.165, 1.54) is 11.8 Å². The van der Waals surface area contributed by atoms with E-state index in [0.717, 1.165) is 5.75 Å². The maximum atomic E-state index is 12.0. The molecule has 0 saturated heterocycles. The molecule has 0 fully saturated rings. The number of hydrogen-bond acceptors (Lipinski definition) is 6. The summed E-state index contributed by atoms with van der Waals surface area (Å²) < 4.78 is 43.3. The highest BCUT2D eigenvalue weighted by Crippen LogP contribution is 2.30. The summed E-state index contributed by atoms with van der Waals surface area (Å²) >= 11 is 1.43. The highest BCUT2D eigenvalue weighted by molar-refractivity contribution is 8.00. The first-order chi connectivity index (χ1) is 8.53. The normalized spacial score (nSPS) is 12.3. The molecule has 102 valence electrons. The fraction of sp³-hybridized carbons (Fsp3) is 0.400. The second kappa shape index (κ2) is 7.31. The molecule has 18 heavy (non-hydrogen) atoms. The van der Waals surface area contributed by atoms with E-state index < -0.39 is 25.6 Å². The van der Waals surface area contributed by atoms with Gasteiger partial charge in [-0.1, -0.05) is 19.1 Å². The van der Waals surface area contributed by atoms with Crippen LogP contribution in [0, 0.1) is 6.92 Å². The van der Waals surface area contributed by atoms with E-state index in [9.17, 15) is 13.0 Å². The van der Waals surface area contributed by atoms with E-state index in [0.29, 0.717) is 10.5 Å². The van der Waals surface area contributed by atoms with Gasteiger partial charge in [-0.25, -0.2) is 4.18 Å². The molecule has 0 bridgehead atoms. The summed E-state index contributed by atoms with van der Waals surface area (Å²) in [5.41, 5.74) is 0.614. The molecule has 0 spiro atoms. The minimum atomic E-state index is -3.89. The molecule has 8 heteroatoms. The molecule has 1 atom stereocenters. The van der Waals surface area contributed by atoms with Crippen LogP contribution in [0.3, 0.4) is 0 Å². The van der Waals surface area contributed by atoms with Crippen molar-refractivity contribution in [1.82, 2.24) is 0 Å². The molecule has 0 amide bonds. The Bertz CT molecular complexity index is 515. The van der Waals surface area contributed by atoms with Gasteiger partial charge in [-0.05, 0) is 24.3 Å². The lowest BCUT2D eigenvalue weighted by Crippen LogP contribution is -2.10. The predicted molar refractivity (Wildman–Crippen MR) is 72.2 cm³/mol. The topological polar surface area (TPSA) is 69.7 Å². The highest BCUT2D eigenvalue weighted by Gasteiger charge is 2.22. The molecule has 1 aromatic rings. The molecule has 0 radical (unpaired) electrons. The van der Waals surface area contributed by atoms with Crippen LogP contribution < -0.4 is 0 Å². The summed E-state index contributed by atoms with van der Waals surface area (Å²) in [4.78, 5) is 0.799. The monoisotopic (exact) mass is 310 g/mol. The van der Waals surface area contributed by atoms with Crippen LogP contribution in [0.25, 0.3) is 0 Å². The molecule has 0 saturated carbocycles. The van der Waals surface area contributed by atoms with Crippen LogP contribution in [0.15, 0.2) is 28.0 Å². The molecular weight excluding hydrogens is 295 g/mol. The molecular formula is C10H15O5PS2. The average Bonchev–Trinajstić information content (AvgIpc) is 2.29.